The van der Waals surface area contributed by atoms with Gasteiger partial charge in [-0.15, -0.1) is 0 Å². The zero-order valence-corrected chi connectivity index (χ0v) is 9.98. The van der Waals surface area contributed by atoms with Crippen LogP contribution in [0, 0.1) is 0 Å². The van der Waals surface area contributed by atoms with Gasteiger partial charge in [-0.2, -0.15) is 0 Å². The van der Waals surface area contributed by atoms with Crippen molar-refractivity contribution in [2.24, 2.45) is 5.73 Å². The van der Waals surface area contributed by atoms with Crippen LogP contribution in [0.2, 0.25) is 0 Å². The van der Waals surface area contributed by atoms with Gasteiger partial charge in [0.05, 0.1) is 0 Å². The van der Waals surface area contributed by atoms with Gasteiger partial charge < -0.3 is 15.6 Å². The van der Waals surface area contributed by atoms with E-state index in [4.69, 9.17) is 15.6 Å². The van der Waals surface area contributed by atoms with Crippen LogP contribution in [0.15, 0.2) is 0 Å². The number of ether oxygens (including phenoxy) is 1. The summed E-state index contributed by atoms with van der Waals surface area (Å²) < 4.78 is 4.97. The Labute approximate surface area is 99.8 Å². The van der Waals surface area contributed by atoms with Crippen LogP contribution in [-0.4, -0.2) is 28.7 Å². The van der Waals surface area contributed by atoms with Crippen molar-refractivity contribution in [1.82, 2.24) is 0 Å². The second-order valence-corrected chi connectivity index (χ2v) is 4.07. The maximum absolute atomic E-state index is 11.2. The summed E-state index contributed by atoms with van der Waals surface area (Å²) in [5.41, 5.74) is 4.85. The summed E-state index contributed by atoms with van der Waals surface area (Å²) in [6.07, 6.45) is -0.0232. The molecule has 1 radical (unpaired) electrons. The zero-order chi connectivity index (χ0) is 11.4. The molecule has 0 bridgehead atoms. The van der Waals surface area contributed by atoms with E-state index in [0.29, 0.717) is 0 Å². The Morgan fingerprint density at radius 3 is 2.20 bits per heavy atom. The fourth-order valence-corrected chi connectivity index (χ4v) is 0.774. The molecule has 1 unspecified atom stereocenters. The molecule has 0 saturated carbocycles. The number of hydrogen-bond acceptors (Lipinski definition) is 4. The Balaban J connectivity index is 0. The average Bonchev–Trinajstić information content (AvgIpc) is 1.96. The first-order valence-electron chi connectivity index (χ1n) is 4.42. The van der Waals surface area contributed by atoms with Gasteiger partial charge in [0.2, 0.25) is 0 Å². The Morgan fingerprint density at radius 2 is 1.87 bits per heavy atom. The minimum absolute atomic E-state index is 0. The van der Waals surface area contributed by atoms with Crippen molar-refractivity contribution in [3.63, 3.8) is 0 Å². The normalized spacial score (nSPS) is 12.5. The second kappa shape index (κ2) is 6.82. The van der Waals surface area contributed by atoms with Gasteiger partial charge in [0.15, 0.2) is 0 Å². The molecule has 1 atom stereocenters. The fraction of sp³-hybridized carbons (Fsp3) is 0.778. The predicted octanol–water partition coefficient (Wildman–Crippen LogP) is 0.518. The van der Waals surface area contributed by atoms with Gasteiger partial charge in [-0.25, -0.2) is 0 Å². The Bertz CT molecular complexity index is 225. The molecule has 0 saturated heterocycles. The number of hydrogen-bond donors (Lipinski definition) is 2. The number of nitrogens with two attached hydrogens (primary N) is 1. The molecule has 5 nitrogen and oxygen atoms in total. The van der Waals surface area contributed by atoms with E-state index in [1.807, 2.05) is 0 Å². The van der Waals surface area contributed by atoms with E-state index in [1.165, 1.54) is 0 Å². The molecule has 6 heteroatoms. The van der Waals surface area contributed by atoms with E-state index in [0.717, 1.165) is 0 Å². The molecule has 0 amide bonds. The molecule has 0 aliphatic rings. The molecular weight excluding hydrogens is 250 g/mol. The number of rotatable bonds is 4. The molecule has 93 valence electrons. The quantitative estimate of drug-likeness (QED) is 0.572. The summed E-state index contributed by atoms with van der Waals surface area (Å²) in [5.74, 6) is -1.53. The van der Waals surface area contributed by atoms with Crippen LogP contribution in [0.3, 0.4) is 0 Å². The van der Waals surface area contributed by atoms with Gasteiger partial charge in [0.1, 0.15) is 11.6 Å². The monoisotopic (exact) mass is 266 g/mol. The zero-order valence-electron chi connectivity index (χ0n) is 9.04. The first kappa shape index (κ1) is 16.8. The Kier molecular flexibility index (Phi) is 7.66. The van der Waals surface area contributed by atoms with E-state index >= 15 is 0 Å². The molecule has 0 fully saturated rings. The predicted molar refractivity (Wildman–Crippen MR) is 50.7 cm³/mol. The maximum atomic E-state index is 11.2. The molecule has 0 spiro atoms. The maximum Gasteiger partial charge on any atom is 0.323 e. The van der Waals surface area contributed by atoms with Crippen LogP contribution >= 0.6 is 0 Å². The van der Waals surface area contributed by atoms with Gasteiger partial charge >= 0.3 is 11.9 Å². The van der Waals surface area contributed by atoms with Gasteiger partial charge in [0.25, 0.3) is 0 Å². The van der Waals surface area contributed by atoms with Crippen molar-refractivity contribution in [2.75, 3.05) is 0 Å². The van der Waals surface area contributed by atoms with Crippen LogP contribution < -0.4 is 5.73 Å². The van der Waals surface area contributed by atoms with E-state index < -0.39 is 23.6 Å². The molecule has 0 aliphatic carbocycles. The Hall–Kier alpha value is -0.581. The summed E-state index contributed by atoms with van der Waals surface area (Å²) in [4.78, 5) is 21.4. The smallest absolute Gasteiger partial charge is 0.323 e. The van der Waals surface area contributed by atoms with Crippen molar-refractivity contribution in [1.29, 1.82) is 0 Å². The van der Waals surface area contributed by atoms with Crippen LogP contribution in [0.25, 0.3) is 0 Å². The first-order chi connectivity index (χ1) is 6.22. The number of esters is 1. The molecule has 3 N–H and O–H groups in total. The molecule has 0 rings (SSSR count). The van der Waals surface area contributed by atoms with Crippen molar-refractivity contribution < 1.29 is 36.5 Å². The first-order valence-corrected chi connectivity index (χ1v) is 4.42. The standard InChI is InChI=1S/C9H17NO4.Cu/c1-9(2,3)14-8(13)6(10)4-5-7(11)12;/h6H,4-5,10H2,1-3H3,(H,11,12);. The number of carbonyl (C=O) groups excluding carboxylic acids is 1. The van der Waals surface area contributed by atoms with E-state index in [1.54, 1.807) is 20.8 Å². The average molecular weight is 267 g/mol. The number of carboxylic acids is 1. The third kappa shape index (κ3) is 9.72. The molecule has 0 heterocycles. The molecule has 0 aromatic rings. The van der Waals surface area contributed by atoms with E-state index in [2.05, 4.69) is 0 Å². The summed E-state index contributed by atoms with van der Waals surface area (Å²) in [7, 11) is 0. The molecule has 0 aromatic carbocycles. The van der Waals surface area contributed by atoms with Crippen molar-refractivity contribution in [2.45, 2.75) is 45.3 Å². The number of aliphatic carboxylic acids is 1. The van der Waals surface area contributed by atoms with Gasteiger partial charge in [-0.1, -0.05) is 0 Å². The second-order valence-electron chi connectivity index (χ2n) is 4.07. The third-order valence-electron chi connectivity index (χ3n) is 1.38. The van der Waals surface area contributed by atoms with Crippen LogP contribution in [-0.2, 0) is 31.4 Å². The number of carboxylic acid groups (broad SMARTS) is 1. The summed E-state index contributed by atoms with van der Waals surface area (Å²) in [5, 5.41) is 8.37. The van der Waals surface area contributed by atoms with Gasteiger partial charge in [-0.05, 0) is 27.2 Å². The molecular formula is C9H17CuNO4. The van der Waals surface area contributed by atoms with E-state index in [9.17, 15) is 9.59 Å². The van der Waals surface area contributed by atoms with Crippen molar-refractivity contribution >= 4 is 11.9 Å². The number of carbonyl (C=O) groups is 2. The summed E-state index contributed by atoms with van der Waals surface area (Å²) in [6.45, 7) is 5.19. The summed E-state index contributed by atoms with van der Waals surface area (Å²) in [6, 6.07) is -0.856. The van der Waals surface area contributed by atoms with Crippen LogP contribution in [0.4, 0.5) is 0 Å². The topological polar surface area (TPSA) is 89.6 Å². The van der Waals surface area contributed by atoms with E-state index in [-0.39, 0.29) is 29.9 Å². The Morgan fingerprint density at radius 1 is 1.40 bits per heavy atom. The van der Waals surface area contributed by atoms with Crippen molar-refractivity contribution in [3.05, 3.63) is 0 Å². The van der Waals surface area contributed by atoms with Crippen molar-refractivity contribution in [3.8, 4) is 0 Å². The van der Waals surface area contributed by atoms with Gasteiger partial charge in [-0.3, -0.25) is 9.59 Å². The molecule has 0 aromatic heterocycles. The summed E-state index contributed by atoms with van der Waals surface area (Å²) >= 11 is 0. The minimum atomic E-state index is -0.969. The third-order valence-corrected chi connectivity index (χ3v) is 1.38. The minimum Gasteiger partial charge on any atom is -0.481 e. The SMILES string of the molecule is CC(C)(C)OC(=O)C(N)CCC(=O)O.[Cu]. The van der Waals surface area contributed by atoms with Gasteiger partial charge in [0, 0.05) is 23.5 Å². The molecule has 0 aliphatic heterocycles. The largest absolute Gasteiger partial charge is 0.481 e. The molecule has 15 heavy (non-hydrogen) atoms. The fourth-order valence-electron chi connectivity index (χ4n) is 0.774. The van der Waals surface area contributed by atoms with Crippen LogP contribution in [0.5, 0.6) is 0 Å². The van der Waals surface area contributed by atoms with Crippen LogP contribution in [0.1, 0.15) is 33.6 Å².